The standard InChI is InChI=1S/C21H14N2O5S/c24-20-19(12-17-9-10-18(28-17)15-6-2-1-3-7-15)29-21(25)22(20)13-14-5-4-8-16(11-14)23(26)27/h1-12H,13H2/b19-12+. The van der Waals surface area contributed by atoms with E-state index in [2.05, 4.69) is 0 Å². The van der Waals surface area contributed by atoms with Crippen LogP contribution in [0.2, 0.25) is 0 Å². The van der Waals surface area contributed by atoms with Crippen molar-refractivity contribution in [3.63, 3.8) is 0 Å². The molecule has 7 nitrogen and oxygen atoms in total. The molecule has 1 aliphatic heterocycles. The third kappa shape index (κ3) is 3.97. The fraction of sp³-hybridized carbons (Fsp3) is 0.0476. The highest BCUT2D eigenvalue weighted by Gasteiger charge is 2.35. The molecular formula is C21H14N2O5S. The molecule has 144 valence electrons. The monoisotopic (exact) mass is 406 g/mol. The van der Waals surface area contributed by atoms with E-state index in [1.807, 2.05) is 30.3 Å². The zero-order chi connectivity index (χ0) is 20.4. The van der Waals surface area contributed by atoms with Crippen LogP contribution in [0.1, 0.15) is 11.3 Å². The molecule has 0 N–H and O–H groups in total. The number of nitro benzene ring substituents is 1. The van der Waals surface area contributed by atoms with Crippen molar-refractivity contribution in [3.05, 3.63) is 93.1 Å². The fourth-order valence-electron chi connectivity index (χ4n) is 2.90. The number of nitrogens with zero attached hydrogens (tertiary/aromatic N) is 2. The van der Waals surface area contributed by atoms with Crippen LogP contribution >= 0.6 is 11.8 Å². The summed E-state index contributed by atoms with van der Waals surface area (Å²) in [6.45, 7) is -0.0306. The van der Waals surface area contributed by atoms with Crippen molar-refractivity contribution in [2.24, 2.45) is 0 Å². The number of carbonyl (C=O) groups is 2. The smallest absolute Gasteiger partial charge is 0.293 e. The first-order valence-electron chi connectivity index (χ1n) is 8.65. The summed E-state index contributed by atoms with van der Waals surface area (Å²) < 4.78 is 5.76. The van der Waals surface area contributed by atoms with E-state index < -0.39 is 16.1 Å². The van der Waals surface area contributed by atoms with Crippen LogP contribution in [0.15, 0.2) is 76.1 Å². The maximum absolute atomic E-state index is 12.7. The second-order valence-corrected chi connectivity index (χ2v) is 7.26. The number of non-ortho nitro benzene ring substituents is 1. The Labute approximate surface area is 169 Å². The summed E-state index contributed by atoms with van der Waals surface area (Å²) >= 11 is 0.816. The van der Waals surface area contributed by atoms with Crippen molar-refractivity contribution in [2.45, 2.75) is 6.54 Å². The minimum atomic E-state index is -0.515. The van der Waals surface area contributed by atoms with Crippen LogP contribution in [0, 0.1) is 10.1 Å². The molecule has 29 heavy (non-hydrogen) atoms. The molecular weight excluding hydrogens is 392 g/mol. The van der Waals surface area contributed by atoms with Crippen LogP contribution in [0.5, 0.6) is 0 Å². The third-order valence-corrected chi connectivity index (χ3v) is 5.20. The SMILES string of the molecule is O=C1S/C(=C/c2ccc(-c3ccccc3)o2)C(=O)N1Cc1cccc([N+](=O)[O-])c1. The topological polar surface area (TPSA) is 93.7 Å². The number of thioether (sulfide) groups is 1. The van der Waals surface area contributed by atoms with E-state index in [-0.39, 0.29) is 17.1 Å². The number of rotatable bonds is 5. The van der Waals surface area contributed by atoms with Gasteiger partial charge in [0, 0.05) is 23.8 Å². The molecule has 2 aromatic carbocycles. The van der Waals surface area contributed by atoms with E-state index in [1.165, 1.54) is 24.3 Å². The minimum Gasteiger partial charge on any atom is -0.457 e. The summed E-state index contributed by atoms with van der Waals surface area (Å²) in [6, 6.07) is 18.9. The van der Waals surface area contributed by atoms with Gasteiger partial charge in [-0.15, -0.1) is 0 Å². The van der Waals surface area contributed by atoms with E-state index in [1.54, 1.807) is 18.2 Å². The minimum absolute atomic E-state index is 0.0306. The quantitative estimate of drug-likeness (QED) is 0.333. The lowest BCUT2D eigenvalue weighted by Crippen LogP contribution is -2.27. The molecule has 0 aliphatic carbocycles. The number of nitro groups is 1. The summed E-state index contributed by atoms with van der Waals surface area (Å²) in [5, 5.41) is 10.5. The lowest BCUT2D eigenvalue weighted by Gasteiger charge is -2.12. The lowest BCUT2D eigenvalue weighted by atomic mass is 10.2. The summed E-state index contributed by atoms with van der Waals surface area (Å²) in [4.78, 5) is 36.7. The molecule has 3 aromatic rings. The molecule has 8 heteroatoms. The first-order chi connectivity index (χ1) is 14.0. The Bertz CT molecular complexity index is 1140. The maximum Gasteiger partial charge on any atom is 0.293 e. The first-order valence-corrected chi connectivity index (χ1v) is 9.47. The van der Waals surface area contributed by atoms with E-state index in [0.29, 0.717) is 17.1 Å². The van der Waals surface area contributed by atoms with Crippen LogP contribution in [0.4, 0.5) is 10.5 Å². The zero-order valence-corrected chi connectivity index (χ0v) is 15.8. The zero-order valence-electron chi connectivity index (χ0n) is 15.0. The Kier molecular flexibility index (Phi) is 5.01. The van der Waals surface area contributed by atoms with Gasteiger partial charge in [-0.2, -0.15) is 0 Å². The number of imide groups is 1. The average molecular weight is 406 g/mol. The Hall–Kier alpha value is -3.65. The maximum atomic E-state index is 12.7. The average Bonchev–Trinajstić information content (AvgIpc) is 3.29. The molecule has 1 fully saturated rings. The van der Waals surface area contributed by atoms with Crippen LogP contribution < -0.4 is 0 Å². The number of hydrogen-bond donors (Lipinski definition) is 0. The van der Waals surface area contributed by atoms with Crippen molar-refractivity contribution in [1.82, 2.24) is 4.90 Å². The molecule has 0 radical (unpaired) electrons. The van der Waals surface area contributed by atoms with Crippen LogP contribution in [0.25, 0.3) is 17.4 Å². The molecule has 1 saturated heterocycles. The molecule has 0 unspecified atom stereocenters. The second-order valence-electron chi connectivity index (χ2n) is 6.26. The van der Waals surface area contributed by atoms with Gasteiger partial charge in [-0.25, -0.2) is 0 Å². The van der Waals surface area contributed by atoms with Gasteiger partial charge in [0.25, 0.3) is 16.8 Å². The molecule has 0 atom stereocenters. The van der Waals surface area contributed by atoms with E-state index in [9.17, 15) is 19.7 Å². The van der Waals surface area contributed by atoms with Gasteiger partial charge in [0.2, 0.25) is 0 Å². The molecule has 0 saturated carbocycles. The first kappa shape index (κ1) is 18.7. The van der Waals surface area contributed by atoms with Crippen molar-refractivity contribution in [3.8, 4) is 11.3 Å². The van der Waals surface area contributed by atoms with Crippen LogP contribution in [-0.4, -0.2) is 21.0 Å². The Morgan fingerprint density at radius 1 is 1.03 bits per heavy atom. The summed E-state index contributed by atoms with van der Waals surface area (Å²) in [5.41, 5.74) is 1.33. The van der Waals surface area contributed by atoms with Crippen molar-refractivity contribution in [2.75, 3.05) is 0 Å². The van der Waals surface area contributed by atoms with Gasteiger partial charge in [-0.05, 0) is 29.5 Å². The predicted octanol–water partition coefficient (Wildman–Crippen LogP) is 5.09. The van der Waals surface area contributed by atoms with Gasteiger partial charge in [0.15, 0.2) is 0 Å². The predicted molar refractivity (Wildman–Crippen MR) is 109 cm³/mol. The van der Waals surface area contributed by atoms with Gasteiger partial charge in [0.05, 0.1) is 16.4 Å². The highest BCUT2D eigenvalue weighted by Crippen LogP contribution is 2.34. The van der Waals surface area contributed by atoms with Gasteiger partial charge >= 0.3 is 0 Å². The lowest BCUT2D eigenvalue weighted by molar-refractivity contribution is -0.384. The number of carbonyl (C=O) groups excluding carboxylic acids is 2. The molecule has 2 amide bonds. The normalized spacial score (nSPS) is 15.3. The highest BCUT2D eigenvalue weighted by atomic mass is 32.2. The van der Waals surface area contributed by atoms with E-state index in [4.69, 9.17) is 4.42 Å². The van der Waals surface area contributed by atoms with E-state index in [0.717, 1.165) is 22.2 Å². The van der Waals surface area contributed by atoms with Gasteiger partial charge in [-0.3, -0.25) is 24.6 Å². The summed E-state index contributed by atoms with van der Waals surface area (Å²) in [7, 11) is 0. The molecule has 0 bridgehead atoms. The molecule has 2 heterocycles. The van der Waals surface area contributed by atoms with Crippen molar-refractivity contribution < 1.29 is 18.9 Å². The Morgan fingerprint density at radius 2 is 1.83 bits per heavy atom. The van der Waals surface area contributed by atoms with Gasteiger partial charge in [0.1, 0.15) is 11.5 Å². The van der Waals surface area contributed by atoms with Crippen LogP contribution in [-0.2, 0) is 11.3 Å². The molecule has 1 aromatic heterocycles. The molecule has 4 rings (SSSR count). The summed E-state index contributed by atoms with van der Waals surface area (Å²) in [6.07, 6.45) is 1.53. The highest BCUT2D eigenvalue weighted by molar-refractivity contribution is 8.18. The largest absolute Gasteiger partial charge is 0.457 e. The van der Waals surface area contributed by atoms with E-state index >= 15 is 0 Å². The second kappa shape index (κ2) is 7.76. The number of furan rings is 1. The summed E-state index contributed by atoms with van der Waals surface area (Å²) in [5.74, 6) is 0.668. The number of hydrogen-bond acceptors (Lipinski definition) is 6. The van der Waals surface area contributed by atoms with Gasteiger partial charge < -0.3 is 4.42 Å². The van der Waals surface area contributed by atoms with Gasteiger partial charge in [-0.1, -0.05) is 42.5 Å². The van der Waals surface area contributed by atoms with Crippen molar-refractivity contribution in [1.29, 1.82) is 0 Å². The molecule has 1 aliphatic rings. The molecule has 0 spiro atoms. The number of benzene rings is 2. The Balaban J connectivity index is 1.53. The number of amides is 2. The fourth-order valence-corrected chi connectivity index (χ4v) is 3.72. The van der Waals surface area contributed by atoms with Crippen molar-refractivity contribution >= 4 is 34.7 Å². The third-order valence-electron chi connectivity index (χ3n) is 4.29. The van der Waals surface area contributed by atoms with Crippen LogP contribution in [0.3, 0.4) is 0 Å². The Morgan fingerprint density at radius 3 is 2.59 bits per heavy atom.